The minimum absolute atomic E-state index is 0.180. The quantitative estimate of drug-likeness (QED) is 0.840. The van der Waals surface area contributed by atoms with Gasteiger partial charge in [0.25, 0.3) is 0 Å². The predicted molar refractivity (Wildman–Crippen MR) is 57.3 cm³/mol. The van der Waals surface area contributed by atoms with Crippen molar-refractivity contribution in [1.82, 2.24) is 5.48 Å². The lowest BCUT2D eigenvalue weighted by atomic mass is 10.1. The normalized spacial score (nSPS) is 19.1. The Morgan fingerprint density at radius 2 is 2.50 bits per heavy atom. The van der Waals surface area contributed by atoms with Crippen LogP contribution in [0, 0.1) is 0 Å². The Morgan fingerprint density at radius 3 is 3.29 bits per heavy atom. The lowest BCUT2D eigenvalue weighted by Crippen LogP contribution is -2.29. The van der Waals surface area contributed by atoms with Gasteiger partial charge in [-0.05, 0) is 23.8 Å². The monoisotopic (exact) mass is 257 g/mol. The number of fused-ring (bicyclic) bond motifs is 1. The van der Waals surface area contributed by atoms with Gasteiger partial charge in [-0.15, -0.1) is 0 Å². The Labute approximate surface area is 91.5 Å². The third kappa shape index (κ3) is 2.08. The van der Waals surface area contributed by atoms with Gasteiger partial charge in [0.05, 0.1) is 13.7 Å². The van der Waals surface area contributed by atoms with Crippen molar-refractivity contribution in [3.63, 3.8) is 0 Å². The third-order valence-electron chi connectivity index (χ3n) is 2.22. The van der Waals surface area contributed by atoms with Crippen LogP contribution in [0.3, 0.4) is 0 Å². The van der Waals surface area contributed by atoms with E-state index in [4.69, 9.17) is 9.57 Å². The lowest BCUT2D eigenvalue weighted by Gasteiger charge is -2.09. The van der Waals surface area contributed by atoms with Crippen LogP contribution in [-0.2, 0) is 11.3 Å². The molecule has 2 rings (SSSR count). The van der Waals surface area contributed by atoms with E-state index in [1.165, 1.54) is 5.56 Å². The molecule has 1 atom stereocenters. The van der Waals surface area contributed by atoms with Gasteiger partial charge in [0.15, 0.2) is 0 Å². The average molecular weight is 258 g/mol. The van der Waals surface area contributed by atoms with Gasteiger partial charge in [-0.3, -0.25) is 0 Å². The van der Waals surface area contributed by atoms with Crippen LogP contribution in [0.2, 0.25) is 0 Å². The maximum absolute atomic E-state index is 5.70. The van der Waals surface area contributed by atoms with Crippen molar-refractivity contribution in [2.75, 3.05) is 13.7 Å². The number of halogens is 1. The zero-order valence-electron chi connectivity index (χ0n) is 7.92. The average Bonchev–Trinajstić information content (AvgIpc) is 2.56. The van der Waals surface area contributed by atoms with E-state index in [0.717, 1.165) is 16.6 Å². The zero-order valence-corrected chi connectivity index (χ0v) is 9.50. The molecule has 0 radical (unpaired) electrons. The molecule has 1 unspecified atom stereocenters. The summed E-state index contributed by atoms with van der Waals surface area (Å²) in [5, 5.41) is 0. The summed E-state index contributed by atoms with van der Waals surface area (Å²) in [6.45, 7) is 0.711. The minimum atomic E-state index is 0.180. The fraction of sp³-hybridized carbons (Fsp3) is 0.400. The lowest BCUT2D eigenvalue weighted by molar-refractivity contribution is 0.0634. The molecule has 1 heterocycles. The number of hydrogen-bond donors (Lipinski definition) is 1. The second kappa shape index (κ2) is 4.29. The highest BCUT2D eigenvalue weighted by molar-refractivity contribution is 9.10. The summed E-state index contributed by atoms with van der Waals surface area (Å²) in [7, 11) is 1.61. The summed E-state index contributed by atoms with van der Waals surface area (Å²) in [5.41, 5.74) is 4.06. The number of hydroxylamine groups is 1. The molecule has 0 bridgehead atoms. The summed E-state index contributed by atoms with van der Waals surface area (Å²) < 4.78 is 6.80. The molecule has 0 saturated carbocycles. The first-order valence-electron chi connectivity index (χ1n) is 4.50. The van der Waals surface area contributed by atoms with E-state index in [9.17, 15) is 0 Å². The van der Waals surface area contributed by atoms with Crippen molar-refractivity contribution in [3.05, 3.63) is 28.2 Å². The minimum Gasteiger partial charge on any atom is -0.488 e. The van der Waals surface area contributed by atoms with Gasteiger partial charge in [-0.1, -0.05) is 15.9 Å². The highest BCUT2D eigenvalue weighted by atomic mass is 79.9. The van der Waals surface area contributed by atoms with Gasteiger partial charge in [0.2, 0.25) is 0 Å². The molecule has 0 fully saturated rings. The Morgan fingerprint density at radius 1 is 1.64 bits per heavy atom. The first kappa shape index (κ1) is 9.96. The Hall–Kier alpha value is -0.580. The first-order chi connectivity index (χ1) is 6.79. The van der Waals surface area contributed by atoms with Crippen molar-refractivity contribution < 1.29 is 9.57 Å². The maximum Gasteiger partial charge on any atom is 0.123 e. The van der Waals surface area contributed by atoms with Crippen molar-refractivity contribution >= 4 is 15.9 Å². The molecule has 0 spiro atoms. The number of nitrogens with one attached hydrogen (secondary N) is 1. The standard InChI is InChI=1S/C10H12BrNO2/c1-13-12-6-9-5-7-4-8(11)2-3-10(7)14-9/h2-4,9,12H,5-6H2,1H3. The molecule has 1 aliphatic rings. The van der Waals surface area contributed by atoms with Crippen LogP contribution < -0.4 is 10.2 Å². The van der Waals surface area contributed by atoms with E-state index in [1.807, 2.05) is 12.1 Å². The summed E-state index contributed by atoms with van der Waals surface area (Å²) >= 11 is 3.44. The zero-order chi connectivity index (χ0) is 9.97. The van der Waals surface area contributed by atoms with Crippen molar-refractivity contribution in [2.24, 2.45) is 0 Å². The second-order valence-electron chi connectivity index (χ2n) is 3.25. The van der Waals surface area contributed by atoms with Gasteiger partial charge in [-0.25, -0.2) is 0 Å². The van der Waals surface area contributed by atoms with Crippen LogP contribution in [0.5, 0.6) is 5.75 Å². The smallest absolute Gasteiger partial charge is 0.123 e. The van der Waals surface area contributed by atoms with Crippen LogP contribution in [0.1, 0.15) is 5.56 Å². The van der Waals surface area contributed by atoms with Crippen molar-refractivity contribution in [1.29, 1.82) is 0 Å². The number of hydrogen-bond acceptors (Lipinski definition) is 3. The molecule has 1 N–H and O–H groups in total. The molecule has 0 saturated heterocycles. The van der Waals surface area contributed by atoms with E-state index in [2.05, 4.69) is 27.5 Å². The van der Waals surface area contributed by atoms with Crippen molar-refractivity contribution in [2.45, 2.75) is 12.5 Å². The van der Waals surface area contributed by atoms with Gasteiger partial charge in [0.1, 0.15) is 11.9 Å². The highest BCUT2D eigenvalue weighted by Gasteiger charge is 2.22. The summed E-state index contributed by atoms with van der Waals surface area (Å²) in [4.78, 5) is 4.79. The van der Waals surface area contributed by atoms with Crippen LogP contribution in [0.25, 0.3) is 0 Å². The highest BCUT2D eigenvalue weighted by Crippen LogP contribution is 2.30. The molecule has 0 aromatic heterocycles. The number of benzene rings is 1. The summed E-state index contributed by atoms with van der Waals surface area (Å²) in [6, 6.07) is 6.08. The SMILES string of the molecule is CONCC1Cc2cc(Br)ccc2O1. The first-order valence-corrected chi connectivity index (χ1v) is 5.30. The largest absolute Gasteiger partial charge is 0.488 e. The molecule has 0 aliphatic carbocycles. The van der Waals surface area contributed by atoms with E-state index in [1.54, 1.807) is 7.11 Å². The van der Waals surface area contributed by atoms with E-state index < -0.39 is 0 Å². The molecule has 3 nitrogen and oxygen atoms in total. The van der Waals surface area contributed by atoms with Crippen molar-refractivity contribution in [3.8, 4) is 5.75 Å². The Kier molecular flexibility index (Phi) is 3.05. The fourth-order valence-corrected chi connectivity index (χ4v) is 1.99. The maximum atomic E-state index is 5.70. The molecule has 4 heteroatoms. The number of rotatable bonds is 3. The Bertz CT molecular complexity index is 330. The molecule has 0 amide bonds. The number of ether oxygens (including phenoxy) is 1. The topological polar surface area (TPSA) is 30.5 Å². The molecule has 1 aromatic carbocycles. The van der Waals surface area contributed by atoms with E-state index >= 15 is 0 Å². The molecule has 1 aromatic rings. The molecule has 76 valence electrons. The molecular weight excluding hydrogens is 246 g/mol. The third-order valence-corrected chi connectivity index (χ3v) is 2.71. The Balaban J connectivity index is 2.03. The molecular formula is C10H12BrNO2. The summed E-state index contributed by atoms with van der Waals surface area (Å²) in [5.74, 6) is 0.983. The van der Waals surface area contributed by atoms with E-state index in [-0.39, 0.29) is 6.10 Å². The molecule has 1 aliphatic heterocycles. The summed E-state index contributed by atoms with van der Waals surface area (Å²) in [6.07, 6.45) is 1.12. The van der Waals surface area contributed by atoms with Gasteiger partial charge >= 0.3 is 0 Å². The predicted octanol–water partition coefficient (Wildman–Crippen LogP) is 1.90. The van der Waals surface area contributed by atoms with Crippen LogP contribution in [0.15, 0.2) is 22.7 Å². The second-order valence-corrected chi connectivity index (χ2v) is 4.16. The van der Waals surface area contributed by atoms with Crippen LogP contribution in [-0.4, -0.2) is 19.8 Å². The van der Waals surface area contributed by atoms with E-state index in [0.29, 0.717) is 6.54 Å². The van der Waals surface area contributed by atoms with Gasteiger partial charge < -0.3 is 9.57 Å². The van der Waals surface area contributed by atoms with Gasteiger partial charge in [0, 0.05) is 10.9 Å². The molecule has 14 heavy (non-hydrogen) atoms. The van der Waals surface area contributed by atoms with Gasteiger partial charge in [-0.2, -0.15) is 5.48 Å². The fourth-order valence-electron chi connectivity index (χ4n) is 1.58. The van der Waals surface area contributed by atoms with Crippen LogP contribution >= 0.6 is 15.9 Å². The van der Waals surface area contributed by atoms with Crippen LogP contribution in [0.4, 0.5) is 0 Å².